The fourth-order valence-corrected chi connectivity index (χ4v) is 9.51. The van der Waals surface area contributed by atoms with Crippen LogP contribution in [-0.4, -0.2) is 10.2 Å². The highest BCUT2D eigenvalue weighted by molar-refractivity contribution is 5.55. The van der Waals surface area contributed by atoms with Crippen molar-refractivity contribution in [2.24, 2.45) is 10.8 Å². The lowest BCUT2D eigenvalue weighted by Crippen LogP contribution is -2.63. The molecule has 2 heteroatoms. The molecule has 0 atom stereocenters. The van der Waals surface area contributed by atoms with Crippen LogP contribution in [0.4, 0.5) is 0 Å². The number of rotatable bonds is 2. The van der Waals surface area contributed by atoms with E-state index in [1.807, 2.05) is 0 Å². The van der Waals surface area contributed by atoms with E-state index < -0.39 is 0 Å². The van der Waals surface area contributed by atoms with Gasteiger partial charge < -0.3 is 10.2 Å². The summed E-state index contributed by atoms with van der Waals surface area (Å²) < 4.78 is 0. The molecule has 4 fully saturated rings. The lowest BCUT2D eigenvalue weighted by molar-refractivity contribution is -0.127. The maximum absolute atomic E-state index is 10.6. The van der Waals surface area contributed by atoms with Gasteiger partial charge in [0.1, 0.15) is 11.5 Å². The lowest BCUT2D eigenvalue weighted by atomic mass is 9.34. The van der Waals surface area contributed by atoms with Gasteiger partial charge in [-0.3, -0.25) is 0 Å². The molecule has 4 saturated carbocycles. The zero-order valence-electron chi connectivity index (χ0n) is 21.3. The van der Waals surface area contributed by atoms with Crippen LogP contribution < -0.4 is 0 Å². The van der Waals surface area contributed by atoms with E-state index >= 15 is 0 Å². The second-order valence-corrected chi connectivity index (χ2v) is 12.9. The van der Waals surface area contributed by atoms with E-state index in [2.05, 4.69) is 67.5 Å². The Bertz CT molecular complexity index is 1050. The van der Waals surface area contributed by atoms with Crippen molar-refractivity contribution in [3.63, 3.8) is 0 Å². The topological polar surface area (TPSA) is 40.5 Å². The molecular formula is C30H40O2. The van der Waals surface area contributed by atoms with Crippen molar-refractivity contribution in [1.82, 2.24) is 0 Å². The van der Waals surface area contributed by atoms with Gasteiger partial charge in [-0.05, 0) is 146 Å². The molecule has 0 unspecified atom stereocenters. The highest BCUT2D eigenvalue weighted by atomic mass is 16.3. The van der Waals surface area contributed by atoms with Gasteiger partial charge >= 0.3 is 0 Å². The monoisotopic (exact) mass is 432 g/mol. The predicted molar refractivity (Wildman–Crippen MR) is 132 cm³/mol. The Kier molecular flexibility index (Phi) is 4.33. The summed E-state index contributed by atoms with van der Waals surface area (Å²) in [5, 5.41) is 21.2. The Morgan fingerprint density at radius 1 is 0.531 bits per heavy atom. The van der Waals surface area contributed by atoms with Gasteiger partial charge in [0.2, 0.25) is 0 Å². The minimum atomic E-state index is 0.150. The van der Waals surface area contributed by atoms with Gasteiger partial charge in [-0.1, -0.05) is 26.0 Å². The Morgan fingerprint density at radius 2 is 0.875 bits per heavy atom. The molecule has 2 aromatic carbocycles. The van der Waals surface area contributed by atoms with E-state index in [-0.39, 0.29) is 10.8 Å². The standard InChI is InChI=1S/C30H40O2/c1-17-9-23(19(3)21(5)25(17)31)29-12-27(7)11-28(8,13-29)15-30(14-27,16-29)24-10-18(2)26(32)22(6)20(24)4/h9-10,31-32H,11-16H2,1-8H3. The highest BCUT2D eigenvalue weighted by Crippen LogP contribution is 2.74. The second kappa shape index (κ2) is 6.33. The maximum Gasteiger partial charge on any atom is 0.121 e. The van der Waals surface area contributed by atoms with Crippen molar-refractivity contribution < 1.29 is 10.2 Å². The first-order valence-electron chi connectivity index (χ1n) is 12.3. The summed E-state index contributed by atoms with van der Waals surface area (Å²) in [5.41, 5.74) is 10.6. The van der Waals surface area contributed by atoms with Crippen LogP contribution in [0.2, 0.25) is 0 Å². The molecule has 32 heavy (non-hydrogen) atoms. The predicted octanol–water partition coefficient (Wildman–Crippen LogP) is 7.52. The first-order chi connectivity index (χ1) is 14.7. The molecule has 0 spiro atoms. The number of hydrogen-bond acceptors (Lipinski definition) is 2. The van der Waals surface area contributed by atoms with Crippen LogP contribution in [0.25, 0.3) is 0 Å². The first-order valence-corrected chi connectivity index (χ1v) is 12.3. The van der Waals surface area contributed by atoms with Crippen molar-refractivity contribution in [1.29, 1.82) is 0 Å². The maximum atomic E-state index is 10.6. The van der Waals surface area contributed by atoms with Crippen molar-refractivity contribution in [2.75, 3.05) is 0 Å². The normalized spacial score (nSPS) is 35.5. The zero-order valence-corrected chi connectivity index (χ0v) is 21.3. The summed E-state index contributed by atoms with van der Waals surface area (Å²) in [5.74, 6) is 0.924. The Balaban J connectivity index is 1.77. The van der Waals surface area contributed by atoms with Crippen LogP contribution >= 0.6 is 0 Å². The van der Waals surface area contributed by atoms with Gasteiger partial charge in [-0.15, -0.1) is 0 Å². The number of phenols is 2. The molecule has 6 rings (SSSR count). The summed E-state index contributed by atoms with van der Waals surface area (Å²) in [6.07, 6.45) is 7.48. The van der Waals surface area contributed by atoms with E-state index in [0.29, 0.717) is 22.3 Å². The van der Waals surface area contributed by atoms with Crippen LogP contribution in [0.3, 0.4) is 0 Å². The van der Waals surface area contributed by atoms with Crippen molar-refractivity contribution in [3.05, 3.63) is 56.6 Å². The van der Waals surface area contributed by atoms with E-state index in [1.165, 1.54) is 60.8 Å². The molecule has 4 aliphatic carbocycles. The first kappa shape index (κ1) is 21.9. The summed E-state index contributed by atoms with van der Waals surface area (Å²) in [6, 6.07) is 4.62. The Labute approximate surface area is 194 Å². The van der Waals surface area contributed by atoms with Crippen LogP contribution in [0, 0.1) is 52.4 Å². The molecular weight excluding hydrogens is 392 g/mol. The number of phenolic OH excluding ortho intramolecular Hbond substituents is 2. The fourth-order valence-electron chi connectivity index (χ4n) is 9.51. The van der Waals surface area contributed by atoms with E-state index in [9.17, 15) is 10.2 Å². The molecule has 0 radical (unpaired) electrons. The molecule has 4 aliphatic rings. The average Bonchev–Trinajstić information content (AvgIpc) is 2.67. The number of aromatic hydroxyl groups is 2. The van der Waals surface area contributed by atoms with Gasteiger partial charge in [-0.25, -0.2) is 0 Å². The van der Waals surface area contributed by atoms with E-state index in [4.69, 9.17) is 0 Å². The number of benzene rings is 2. The van der Waals surface area contributed by atoms with Crippen LogP contribution in [0.1, 0.15) is 96.9 Å². The molecule has 0 heterocycles. The van der Waals surface area contributed by atoms with Gasteiger partial charge in [0.25, 0.3) is 0 Å². The van der Waals surface area contributed by atoms with Gasteiger partial charge in [0.15, 0.2) is 0 Å². The Hall–Kier alpha value is -1.96. The van der Waals surface area contributed by atoms with Crippen molar-refractivity contribution >= 4 is 0 Å². The van der Waals surface area contributed by atoms with Crippen LogP contribution in [0.15, 0.2) is 12.1 Å². The smallest absolute Gasteiger partial charge is 0.121 e. The molecule has 0 amide bonds. The molecule has 0 saturated heterocycles. The summed E-state index contributed by atoms with van der Waals surface area (Å²) in [4.78, 5) is 0. The van der Waals surface area contributed by atoms with Gasteiger partial charge in [0.05, 0.1) is 0 Å². The zero-order chi connectivity index (χ0) is 23.4. The number of aryl methyl sites for hydroxylation is 2. The minimum absolute atomic E-state index is 0.150. The molecule has 2 aromatic rings. The van der Waals surface area contributed by atoms with E-state index in [0.717, 1.165) is 22.3 Å². The Morgan fingerprint density at radius 3 is 1.22 bits per heavy atom. The van der Waals surface area contributed by atoms with Gasteiger partial charge in [-0.2, -0.15) is 0 Å². The van der Waals surface area contributed by atoms with Crippen molar-refractivity contribution in [2.45, 2.75) is 105 Å². The minimum Gasteiger partial charge on any atom is -0.507 e. The summed E-state index contributed by atoms with van der Waals surface area (Å²) in [6.45, 7) is 17.8. The quantitative estimate of drug-likeness (QED) is 0.515. The lowest BCUT2D eigenvalue weighted by Gasteiger charge is -2.70. The molecule has 2 nitrogen and oxygen atoms in total. The highest BCUT2D eigenvalue weighted by Gasteiger charge is 2.66. The molecule has 0 aliphatic heterocycles. The van der Waals surface area contributed by atoms with Gasteiger partial charge in [0, 0.05) is 0 Å². The summed E-state index contributed by atoms with van der Waals surface area (Å²) in [7, 11) is 0. The average molecular weight is 433 g/mol. The largest absolute Gasteiger partial charge is 0.507 e. The SMILES string of the molecule is Cc1cc(C23CC4(C)CC(C)(C2)CC(c2cc(C)c(O)c(C)c2C)(C4)C3)c(C)c(C)c1O. The fraction of sp³-hybridized carbons (Fsp3) is 0.600. The molecule has 4 bridgehead atoms. The summed E-state index contributed by atoms with van der Waals surface area (Å²) >= 11 is 0. The molecule has 2 N–H and O–H groups in total. The molecule has 172 valence electrons. The third kappa shape index (κ3) is 2.77. The second-order valence-electron chi connectivity index (χ2n) is 12.9. The van der Waals surface area contributed by atoms with Crippen LogP contribution in [-0.2, 0) is 10.8 Å². The van der Waals surface area contributed by atoms with E-state index in [1.54, 1.807) is 0 Å². The van der Waals surface area contributed by atoms with Crippen molar-refractivity contribution in [3.8, 4) is 11.5 Å². The third-order valence-corrected chi connectivity index (χ3v) is 9.85. The van der Waals surface area contributed by atoms with Crippen LogP contribution in [0.5, 0.6) is 11.5 Å². The molecule has 0 aromatic heterocycles. The third-order valence-electron chi connectivity index (χ3n) is 9.85. The number of hydrogen-bond donors (Lipinski definition) is 2.